The monoisotopic (exact) mass is 288 g/mol. The molecule has 0 saturated carbocycles. The summed E-state index contributed by atoms with van der Waals surface area (Å²) in [4.78, 5) is 14.5. The van der Waals surface area contributed by atoms with Gasteiger partial charge in [0.05, 0.1) is 6.54 Å². The number of hydrogen-bond donors (Lipinski definition) is 0. The maximum Gasteiger partial charge on any atom is 0.142 e. The Hall–Kier alpha value is -1.00. The summed E-state index contributed by atoms with van der Waals surface area (Å²) >= 11 is 0. The first-order valence-corrected chi connectivity index (χ1v) is 8.46. The van der Waals surface area contributed by atoms with Crippen LogP contribution in [-0.2, 0) is 6.54 Å². The van der Waals surface area contributed by atoms with E-state index in [1.54, 1.807) is 0 Å². The third-order valence-electron chi connectivity index (χ3n) is 4.78. The van der Waals surface area contributed by atoms with Gasteiger partial charge in [-0.05, 0) is 65.4 Å². The Morgan fingerprint density at radius 3 is 2.67 bits per heavy atom. The van der Waals surface area contributed by atoms with Gasteiger partial charge in [-0.2, -0.15) is 0 Å². The largest absolute Gasteiger partial charge is 0.306 e. The summed E-state index contributed by atoms with van der Waals surface area (Å²) in [6.45, 7) is 7.81. The zero-order valence-corrected chi connectivity index (χ0v) is 13.5. The molecule has 2 aliphatic rings. The van der Waals surface area contributed by atoms with Gasteiger partial charge in [-0.15, -0.1) is 0 Å². The molecule has 1 aromatic heterocycles. The van der Waals surface area contributed by atoms with Gasteiger partial charge < -0.3 is 4.90 Å². The Bertz CT molecular complexity index is 468. The van der Waals surface area contributed by atoms with Gasteiger partial charge in [0, 0.05) is 23.9 Å². The van der Waals surface area contributed by atoms with Crippen LogP contribution in [0.2, 0.25) is 0 Å². The molecule has 2 saturated heterocycles. The minimum absolute atomic E-state index is 0.588. The van der Waals surface area contributed by atoms with Crippen molar-refractivity contribution in [1.29, 1.82) is 0 Å². The highest BCUT2D eigenvalue weighted by Crippen LogP contribution is 2.25. The van der Waals surface area contributed by atoms with E-state index in [0.29, 0.717) is 5.92 Å². The smallest absolute Gasteiger partial charge is 0.142 e. The fraction of sp³-hybridized carbons (Fsp3) is 0.765. The van der Waals surface area contributed by atoms with Crippen LogP contribution in [0.4, 0.5) is 0 Å². The van der Waals surface area contributed by atoms with Crippen LogP contribution in [0.5, 0.6) is 0 Å². The summed E-state index contributed by atoms with van der Waals surface area (Å²) < 4.78 is 0. The molecule has 2 fully saturated rings. The van der Waals surface area contributed by atoms with E-state index in [1.807, 2.05) is 0 Å². The van der Waals surface area contributed by atoms with Gasteiger partial charge in [0.2, 0.25) is 0 Å². The molecule has 0 radical (unpaired) electrons. The average molecular weight is 288 g/mol. The van der Waals surface area contributed by atoms with Crippen molar-refractivity contribution in [2.45, 2.75) is 51.5 Å². The Morgan fingerprint density at radius 2 is 1.90 bits per heavy atom. The van der Waals surface area contributed by atoms with Gasteiger partial charge in [-0.1, -0.05) is 6.42 Å². The summed E-state index contributed by atoms with van der Waals surface area (Å²) in [6.07, 6.45) is 6.58. The molecule has 0 aromatic carbocycles. The van der Waals surface area contributed by atoms with Crippen molar-refractivity contribution in [3.63, 3.8) is 0 Å². The predicted molar refractivity (Wildman–Crippen MR) is 85.4 cm³/mol. The molecule has 116 valence electrons. The van der Waals surface area contributed by atoms with Crippen LogP contribution < -0.4 is 0 Å². The summed E-state index contributed by atoms with van der Waals surface area (Å²) in [7, 11) is 2.22. The molecule has 1 atom stereocenters. The molecule has 21 heavy (non-hydrogen) atoms. The van der Waals surface area contributed by atoms with Crippen LogP contribution in [0.3, 0.4) is 0 Å². The topological polar surface area (TPSA) is 32.3 Å². The van der Waals surface area contributed by atoms with Crippen molar-refractivity contribution in [1.82, 2.24) is 19.8 Å². The number of nitrogens with zero attached hydrogens (tertiary/aromatic N) is 4. The Kier molecular flexibility index (Phi) is 4.86. The first-order valence-electron chi connectivity index (χ1n) is 8.46. The van der Waals surface area contributed by atoms with E-state index in [-0.39, 0.29) is 0 Å². The quantitative estimate of drug-likeness (QED) is 0.856. The number of likely N-dealkylation sites (tertiary alicyclic amines) is 2. The molecule has 3 heterocycles. The van der Waals surface area contributed by atoms with Crippen molar-refractivity contribution < 1.29 is 0 Å². The standard InChI is InChI=1S/C17H28N4/c1-14-11-16(15-7-6-8-20(2)12-15)19-17(18-14)13-21-9-4-3-5-10-21/h11,15H,3-10,12-13H2,1-2H3. The molecule has 0 bridgehead atoms. The molecule has 1 unspecified atom stereocenters. The van der Waals surface area contributed by atoms with Crippen molar-refractivity contribution in [2.24, 2.45) is 0 Å². The summed E-state index contributed by atoms with van der Waals surface area (Å²) in [5.74, 6) is 1.62. The number of likely N-dealkylation sites (N-methyl/N-ethyl adjacent to an activating group) is 1. The highest BCUT2D eigenvalue weighted by atomic mass is 15.2. The third kappa shape index (κ3) is 4.01. The van der Waals surface area contributed by atoms with Gasteiger partial charge >= 0.3 is 0 Å². The first kappa shape index (κ1) is 14.9. The lowest BCUT2D eigenvalue weighted by molar-refractivity contribution is 0.214. The zero-order valence-electron chi connectivity index (χ0n) is 13.5. The van der Waals surface area contributed by atoms with Crippen LogP contribution in [0.1, 0.15) is 55.2 Å². The summed E-state index contributed by atoms with van der Waals surface area (Å²) in [5, 5.41) is 0. The Balaban J connectivity index is 1.72. The Labute approximate surface area is 128 Å². The molecule has 0 N–H and O–H groups in total. The minimum Gasteiger partial charge on any atom is -0.306 e. The fourth-order valence-corrected chi connectivity index (χ4v) is 3.66. The normalized spacial score (nSPS) is 25.1. The molecule has 0 spiro atoms. The molecule has 0 amide bonds. The highest BCUT2D eigenvalue weighted by molar-refractivity contribution is 5.15. The SMILES string of the molecule is Cc1cc(C2CCCN(C)C2)nc(CN2CCCCC2)n1. The maximum absolute atomic E-state index is 4.91. The zero-order chi connectivity index (χ0) is 14.7. The molecular weight excluding hydrogens is 260 g/mol. The van der Waals surface area contributed by atoms with Gasteiger partial charge in [0.15, 0.2) is 0 Å². The van der Waals surface area contributed by atoms with E-state index in [2.05, 4.69) is 34.8 Å². The number of aromatic nitrogens is 2. The van der Waals surface area contributed by atoms with E-state index < -0.39 is 0 Å². The number of aryl methyl sites for hydroxylation is 1. The van der Waals surface area contributed by atoms with Crippen LogP contribution in [0.25, 0.3) is 0 Å². The van der Waals surface area contributed by atoms with Crippen LogP contribution in [0, 0.1) is 6.92 Å². The Morgan fingerprint density at radius 1 is 1.10 bits per heavy atom. The highest BCUT2D eigenvalue weighted by Gasteiger charge is 2.21. The van der Waals surface area contributed by atoms with Gasteiger partial charge in [-0.25, -0.2) is 9.97 Å². The third-order valence-corrected chi connectivity index (χ3v) is 4.78. The molecule has 0 aliphatic carbocycles. The molecule has 4 nitrogen and oxygen atoms in total. The van der Waals surface area contributed by atoms with Crippen molar-refractivity contribution in [2.75, 3.05) is 33.2 Å². The number of hydrogen-bond acceptors (Lipinski definition) is 4. The second-order valence-corrected chi connectivity index (χ2v) is 6.79. The fourth-order valence-electron chi connectivity index (χ4n) is 3.66. The van der Waals surface area contributed by atoms with Gasteiger partial charge in [0.1, 0.15) is 5.82 Å². The summed E-state index contributed by atoms with van der Waals surface area (Å²) in [5.41, 5.74) is 2.39. The lowest BCUT2D eigenvalue weighted by Gasteiger charge is -2.30. The van der Waals surface area contributed by atoms with Gasteiger partial charge in [0.25, 0.3) is 0 Å². The van der Waals surface area contributed by atoms with Gasteiger partial charge in [-0.3, -0.25) is 4.90 Å². The van der Waals surface area contributed by atoms with Crippen LogP contribution in [0.15, 0.2) is 6.07 Å². The van der Waals surface area contributed by atoms with E-state index in [0.717, 1.165) is 24.6 Å². The van der Waals surface area contributed by atoms with Crippen LogP contribution in [-0.4, -0.2) is 53.0 Å². The van der Waals surface area contributed by atoms with Crippen LogP contribution >= 0.6 is 0 Å². The summed E-state index contributed by atoms with van der Waals surface area (Å²) in [6, 6.07) is 2.20. The molecule has 1 aromatic rings. The number of piperidine rings is 2. The second-order valence-electron chi connectivity index (χ2n) is 6.79. The van der Waals surface area contributed by atoms with E-state index in [9.17, 15) is 0 Å². The van der Waals surface area contributed by atoms with E-state index in [4.69, 9.17) is 4.98 Å². The van der Waals surface area contributed by atoms with E-state index in [1.165, 1.54) is 57.4 Å². The second kappa shape index (κ2) is 6.84. The molecule has 3 rings (SSSR count). The average Bonchev–Trinajstić information content (AvgIpc) is 2.48. The van der Waals surface area contributed by atoms with E-state index >= 15 is 0 Å². The number of rotatable bonds is 3. The van der Waals surface area contributed by atoms with Crippen molar-refractivity contribution >= 4 is 0 Å². The lowest BCUT2D eigenvalue weighted by atomic mass is 9.94. The molecule has 4 heteroatoms. The maximum atomic E-state index is 4.91. The predicted octanol–water partition coefficient (Wildman–Crippen LogP) is 2.58. The molecular formula is C17H28N4. The lowest BCUT2D eigenvalue weighted by Crippen LogP contribution is -2.32. The van der Waals surface area contributed by atoms with Crippen molar-refractivity contribution in [3.8, 4) is 0 Å². The van der Waals surface area contributed by atoms with Crippen molar-refractivity contribution in [3.05, 3.63) is 23.3 Å². The molecule has 2 aliphatic heterocycles. The minimum atomic E-state index is 0.588. The first-order chi connectivity index (χ1) is 10.2.